The normalized spacial score (nSPS) is 15.9. The first-order chi connectivity index (χ1) is 13.0. The lowest BCUT2D eigenvalue weighted by Gasteiger charge is -2.21. The van der Waals surface area contributed by atoms with E-state index in [-0.39, 0.29) is 18.8 Å². The third-order valence-corrected chi connectivity index (χ3v) is 3.73. The number of nitrogens with one attached hydrogen (secondary N) is 2. The molecule has 2 amide bonds. The van der Waals surface area contributed by atoms with Crippen molar-refractivity contribution in [2.75, 3.05) is 7.11 Å². The minimum absolute atomic E-state index is 0.197. The van der Waals surface area contributed by atoms with Gasteiger partial charge in [0.1, 0.15) is 0 Å². The van der Waals surface area contributed by atoms with E-state index in [2.05, 4.69) is 15.3 Å². The number of hydrogen-bond acceptors (Lipinski definition) is 7. The second-order valence-corrected chi connectivity index (χ2v) is 5.51. The van der Waals surface area contributed by atoms with Crippen LogP contribution < -0.4 is 11.0 Å². The van der Waals surface area contributed by atoms with Gasteiger partial charge in [0.15, 0.2) is 0 Å². The van der Waals surface area contributed by atoms with Gasteiger partial charge in [-0.15, -0.1) is 0 Å². The van der Waals surface area contributed by atoms with Gasteiger partial charge in [-0.25, -0.2) is 24.9 Å². The highest BCUT2D eigenvalue weighted by Crippen LogP contribution is 2.26. The Bertz CT molecular complexity index is 727. The molecule has 146 valence electrons. The van der Waals surface area contributed by atoms with Crippen LogP contribution in [0.2, 0.25) is 0 Å². The summed E-state index contributed by atoms with van der Waals surface area (Å²) >= 11 is 0. The molecule has 1 aliphatic heterocycles. The van der Waals surface area contributed by atoms with Crippen molar-refractivity contribution in [3.05, 3.63) is 29.3 Å². The number of rotatable bonds is 4. The van der Waals surface area contributed by atoms with E-state index in [1.807, 2.05) is 37.5 Å². The molecule has 0 spiro atoms. The van der Waals surface area contributed by atoms with Gasteiger partial charge in [-0.05, 0) is 24.0 Å². The second-order valence-electron chi connectivity index (χ2n) is 5.51. The lowest BCUT2D eigenvalue weighted by Crippen LogP contribution is -2.49. The molecule has 0 radical (unpaired) electrons. The van der Waals surface area contributed by atoms with Crippen LogP contribution in [0.3, 0.4) is 0 Å². The van der Waals surface area contributed by atoms with Gasteiger partial charge in [-0.1, -0.05) is 37.1 Å². The average molecular weight is 378 g/mol. The maximum absolute atomic E-state index is 12.3. The third kappa shape index (κ3) is 5.17. The van der Waals surface area contributed by atoms with E-state index in [1.54, 1.807) is 0 Å². The molecule has 1 heterocycles. The molecule has 0 aromatic heterocycles. The van der Waals surface area contributed by atoms with Crippen LogP contribution in [0.15, 0.2) is 23.2 Å². The largest absolute Gasteiger partial charge is 0.391 e. The SMILES string of the molecule is CCc1cccc(CC)c1N=C(NOC)N1OC(=O)CCC(=O)ONC1=O. The van der Waals surface area contributed by atoms with Crippen molar-refractivity contribution < 1.29 is 28.9 Å². The lowest BCUT2D eigenvalue weighted by molar-refractivity contribution is -0.166. The minimum atomic E-state index is -1.02. The average Bonchev–Trinajstić information content (AvgIpc) is 2.73. The molecule has 1 aromatic carbocycles. The fraction of sp³-hybridized carbons (Fsp3) is 0.412. The summed E-state index contributed by atoms with van der Waals surface area (Å²) in [5.74, 6) is -1.75. The zero-order valence-electron chi connectivity index (χ0n) is 15.4. The maximum Gasteiger partial charge on any atom is 0.391 e. The van der Waals surface area contributed by atoms with E-state index >= 15 is 0 Å². The fourth-order valence-electron chi connectivity index (χ4n) is 2.39. The molecule has 0 atom stereocenters. The van der Waals surface area contributed by atoms with Gasteiger partial charge >= 0.3 is 18.0 Å². The molecule has 2 N–H and O–H groups in total. The number of aryl methyl sites for hydroxylation is 2. The lowest BCUT2D eigenvalue weighted by atomic mass is 10.0. The van der Waals surface area contributed by atoms with Crippen LogP contribution >= 0.6 is 0 Å². The van der Waals surface area contributed by atoms with Crippen molar-refractivity contribution in [3.8, 4) is 0 Å². The van der Waals surface area contributed by atoms with Crippen LogP contribution in [-0.4, -0.2) is 36.1 Å². The van der Waals surface area contributed by atoms with Crippen molar-refractivity contribution in [2.45, 2.75) is 39.5 Å². The topological polar surface area (TPSA) is 119 Å². The maximum atomic E-state index is 12.3. The van der Waals surface area contributed by atoms with Gasteiger partial charge < -0.3 is 9.68 Å². The smallest absolute Gasteiger partial charge is 0.339 e. The molecule has 10 heteroatoms. The summed E-state index contributed by atoms with van der Waals surface area (Å²) in [7, 11) is 1.32. The fourth-order valence-corrected chi connectivity index (χ4v) is 2.39. The summed E-state index contributed by atoms with van der Waals surface area (Å²) in [6.45, 7) is 3.95. The molecule has 0 saturated carbocycles. The predicted octanol–water partition coefficient (Wildman–Crippen LogP) is 1.67. The van der Waals surface area contributed by atoms with Gasteiger partial charge in [0.2, 0.25) is 0 Å². The van der Waals surface area contributed by atoms with E-state index in [0.29, 0.717) is 23.6 Å². The zero-order chi connectivity index (χ0) is 19.8. The molecule has 0 bridgehead atoms. The van der Waals surface area contributed by atoms with Crippen molar-refractivity contribution >= 4 is 29.6 Å². The molecular weight excluding hydrogens is 356 g/mol. The molecular formula is C17H22N4O6. The predicted molar refractivity (Wildman–Crippen MR) is 94.2 cm³/mol. The number of nitrogens with zero attached hydrogens (tertiary/aromatic N) is 2. The Kier molecular flexibility index (Phi) is 7.12. The standard InChI is InChI=1S/C17H22N4O6/c1-4-11-7-6-8-12(5-2)15(11)18-16(19-25-3)21-17(24)20-26-13(22)9-10-14(23)27-21/h6-8H,4-5,9-10H2,1-3H3,(H,18,19)(H,20,24). The molecule has 10 nitrogen and oxygen atoms in total. The number of guanidine groups is 1. The van der Waals surface area contributed by atoms with Gasteiger partial charge in [0, 0.05) is 0 Å². The highest BCUT2D eigenvalue weighted by atomic mass is 16.8. The first-order valence-electron chi connectivity index (χ1n) is 8.49. The summed E-state index contributed by atoms with van der Waals surface area (Å²) in [5.41, 5.74) is 6.84. The van der Waals surface area contributed by atoms with Crippen molar-refractivity contribution in [1.82, 2.24) is 16.0 Å². The Balaban J connectivity index is 2.48. The Morgan fingerprint density at radius 3 is 2.41 bits per heavy atom. The number of benzene rings is 1. The first-order valence-corrected chi connectivity index (χ1v) is 8.49. The van der Waals surface area contributed by atoms with Crippen LogP contribution in [0, 0.1) is 0 Å². The number of para-hydroxylation sites is 1. The van der Waals surface area contributed by atoms with E-state index in [0.717, 1.165) is 11.1 Å². The molecule has 0 unspecified atom stereocenters. The summed E-state index contributed by atoms with van der Waals surface area (Å²) in [4.78, 5) is 54.6. The van der Waals surface area contributed by atoms with Crippen LogP contribution in [0.5, 0.6) is 0 Å². The minimum Gasteiger partial charge on any atom is -0.339 e. The second kappa shape index (κ2) is 9.53. The number of urea groups is 1. The third-order valence-electron chi connectivity index (χ3n) is 3.73. The molecule has 1 saturated heterocycles. The quantitative estimate of drug-likeness (QED) is 0.465. The van der Waals surface area contributed by atoms with Crippen molar-refractivity contribution in [1.29, 1.82) is 0 Å². The van der Waals surface area contributed by atoms with Crippen LogP contribution in [0.4, 0.5) is 10.5 Å². The van der Waals surface area contributed by atoms with E-state index < -0.39 is 18.0 Å². The monoisotopic (exact) mass is 378 g/mol. The molecule has 0 aliphatic carbocycles. The summed E-state index contributed by atoms with van der Waals surface area (Å²) < 4.78 is 0. The highest BCUT2D eigenvalue weighted by Gasteiger charge is 2.29. The van der Waals surface area contributed by atoms with Crippen molar-refractivity contribution in [3.63, 3.8) is 0 Å². The first kappa shape index (κ1) is 20.2. The molecule has 27 heavy (non-hydrogen) atoms. The van der Waals surface area contributed by atoms with E-state index in [4.69, 9.17) is 9.68 Å². The Morgan fingerprint density at radius 1 is 1.19 bits per heavy atom. The Morgan fingerprint density at radius 2 is 1.81 bits per heavy atom. The number of amides is 2. The molecule has 1 aromatic rings. The Hall–Kier alpha value is -3.14. The summed E-state index contributed by atoms with van der Waals surface area (Å²) in [5, 5.41) is 0.552. The number of carbonyl (C=O) groups is 3. The summed E-state index contributed by atoms with van der Waals surface area (Å²) in [6.07, 6.45) is 0.930. The Labute approximate surface area is 156 Å². The highest BCUT2D eigenvalue weighted by molar-refractivity contribution is 5.97. The summed E-state index contributed by atoms with van der Waals surface area (Å²) in [6, 6.07) is 4.73. The van der Waals surface area contributed by atoms with Crippen LogP contribution in [0.25, 0.3) is 0 Å². The van der Waals surface area contributed by atoms with E-state index in [1.165, 1.54) is 7.11 Å². The van der Waals surface area contributed by atoms with Crippen molar-refractivity contribution in [2.24, 2.45) is 4.99 Å². The van der Waals surface area contributed by atoms with Gasteiger partial charge in [-0.3, -0.25) is 4.84 Å². The number of carbonyl (C=O) groups excluding carboxylic acids is 3. The van der Waals surface area contributed by atoms with Gasteiger partial charge in [0.05, 0.1) is 25.6 Å². The number of hydroxylamine groups is 4. The van der Waals surface area contributed by atoms with Crippen LogP contribution in [0.1, 0.15) is 37.8 Å². The molecule has 1 fully saturated rings. The van der Waals surface area contributed by atoms with Crippen LogP contribution in [-0.2, 0) is 36.9 Å². The molecule has 2 rings (SSSR count). The number of hydrogen-bond donors (Lipinski definition) is 2. The zero-order valence-corrected chi connectivity index (χ0v) is 15.4. The van der Waals surface area contributed by atoms with E-state index in [9.17, 15) is 14.4 Å². The van der Waals surface area contributed by atoms with Gasteiger partial charge in [-0.2, -0.15) is 5.48 Å². The van der Waals surface area contributed by atoms with Gasteiger partial charge in [0.25, 0.3) is 5.96 Å². The number of aliphatic imine (C=N–C) groups is 1. The molecule has 1 aliphatic rings.